The first kappa shape index (κ1) is 20.6. The number of halogens is 4. The molecule has 0 aromatic heterocycles. The smallest absolute Gasteiger partial charge is 0.416 e. The molecule has 152 valence electrons. The number of ketones is 1. The van der Waals surface area contributed by atoms with Crippen LogP contribution in [0.3, 0.4) is 0 Å². The van der Waals surface area contributed by atoms with Crippen LogP contribution in [0, 0.1) is 17.8 Å². The first-order valence-corrected chi connectivity index (χ1v) is 9.40. The number of Topliss-reactive ketones (excluding diaryl/α,β-unsaturated/α-hetero) is 1. The Morgan fingerprint density at radius 2 is 1.82 bits per heavy atom. The first-order chi connectivity index (χ1) is 13.1. The normalized spacial score (nSPS) is 24.6. The lowest BCUT2D eigenvalue weighted by molar-refractivity contribution is -0.155. The monoisotopic (exact) mass is 417 g/mol. The highest BCUT2D eigenvalue weighted by Gasteiger charge is 2.42. The van der Waals surface area contributed by atoms with Crippen molar-refractivity contribution in [2.24, 2.45) is 17.8 Å². The highest BCUT2D eigenvalue weighted by molar-refractivity contribution is 6.33. The fourth-order valence-electron chi connectivity index (χ4n) is 3.91. The highest BCUT2D eigenvalue weighted by atomic mass is 35.5. The van der Waals surface area contributed by atoms with Gasteiger partial charge in [-0.05, 0) is 43.9 Å². The minimum atomic E-state index is -4.58. The maximum atomic E-state index is 12.8. The third kappa shape index (κ3) is 4.66. The van der Waals surface area contributed by atoms with Gasteiger partial charge in [0.2, 0.25) is 0 Å². The van der Waals surface area contributed by atoms with Gasteiger partial charge in [-0.15, -0.1) is 0 Å². The molecule has 2 atom stereocenters. The molecular formula is C19H19ClF3NO4. The zero-order valence-corrected chi connectivity index (χ0v) is 15.6. The van der Waals surface area contributed by atoms with Gasteiger partial charge in [0.25, 0.3) is 5.91 Å². The molecule has 28 heavy (non-hydrogen) atoms. The lowest BCUT2D eigenvalue weighted by Gasteiger charge is -2.36. The predicted molar refractivity (Wildman–Crippen MR) is 94.6 cm³/mol. The zero-order valence-electron chi connectivity index (χ0n) is 14.9. The molecule has 2 aliphatic rings. The molecule has 0 radical (unpaired) electrons. The van der Waals surface area contributed by atoms with E-state index < -0.39 is 36.1 Å². The minimum absolute atomic E-state index is 0.0636. The molecule has 1 N–H and O–H groups in total. The molecule has 2 bridgehead atoms. The molecular weight excluding hydrogens is 399 g/mol. The summed E-state index contributed by atoms with van der Waals surface area (Å²) in [6, 6.07) is 2.55. The molecule has 2 fully saturated rings. The number of amides is 1. The summed E-state index contributed by atoms with van der Waals surface area (Å²) >= 11 is 5.82. The van der Waals surface area contributed by atoms with Crippen LogP contribution in [0.1, 0.15) is 37.7 Å². The Morgan fingerprint density at radius 3 is 2.43 bits per heavy atom. The second-order valence-electron chi connectivity index (χ2n) is 7.24. The van der Waals surface area contributed by atoms with Gasteiger partial charge in [-0.25, -0.2) is 0 Å². The summed E-state index contributed by atoms with van der Waals surface area (Å²) in [6.07, 6.45) is -1.21. The molecule has 1 amide bonds. The van der Waals surface area contributed by atoms with E-state index in [-0.39, 0.29) is 28.3 Å². The molecule has 9 heteroatoms. The number of carbonyl (C=O) groups is 3. The summed E-state index contributed by atoms with van der Waals surface area (Å²) in [4.78, 5) is 36.3. The number of anilines is 1. The average molecular weight is 418 g/mol. The van der Waals surface area contributed by atoms with Gasteiger partial charge in [0, 0.05) is 11.8 Å². The van der Waals surface area contributed by atoms with Crippen LogP contribution in [0.4, 0.5) is 18.9 Å². The van der Waals surface area contributed by atoms with E-state index in [0.717, 1.165) is 37.5 Å². The number of rotatable bonds is 4. The molecule has 2 unspecified atom stereocenters. The fourth-order valence-corrected chi connectivity index (χ4v) is 4.08. The van der Waals surface area contributed by atoms with Gasteiger partial charge in [-0.3, -0.25) is 14.4 Å². The molecule has 2 saturated carbocycles. The van der Waals surface area contributed by atoms with Crippen LogP contribution in [0.5, 0.6) is 0 Å². The number of carbonyl (C=O) groups excluding carboxylic acids is 3. The standard InChI is InChI=1S/C19H19ClF3NO4/c20-14-5-4-13(19(21,22)23)8-15(14)24-16(25)9-28-18(27)12-6-10-2-1-3-11(7-12)17(10)26/h4-5,8,10-12H,1-3,6-7,9H2,(H,24,25). The largest absolute Gasteiger partial charge is 0.455 e. The Kier molecular flexibility index (Phi) is 5.98. The van der Waals surface area contributed by atoms with E-state index in [2.05, 4.69) is 5.32 Å². The van der Waals surface area contributed by atoms with Gasteiger partial charge >= 0.3 is 12.1 Å². The Bertz CT molecular complexity index is 780. The van der Waals surface area contributed by atoms with Crippen molar-refractivity contribution < 1.29 is 32.3 Å². The topological polar surface area (TPSA) is 72.5 Å². The summed E-state index contributed by atoms with van der Waals surface area (Å²) < 4.78 is 43.3. The van der Waals surface area contributed by atoms with E-state index in [1.54, 1.807) is 0 Å². The van der Waals surface area contributed by atoms with Crippen molar-refractivity contribution in [2.45, 2.75) is 38.3 Å². The summed E-state index contributed by atoms with van der Waals surface area (Å²) in [5.74, 6) is -1.81. The van der Waals surface area contributed by atoms with Crippen molar-refractivity contribution >= 4 is 34.9 Å². The fraction of sp³-hybridized carbons (Fsp3) is 0.526. The summed E-state index contributed by atoms with van der Waals surface area (Å²) in [6.45, 7) is -0.634. The molecule has 0 spiro atoms. The van der Waals surface area contributed by atoms with Crippen LogP contribution in [-0.4, -0.2) is 24.3 Å². The minimum Gasteiger partial charge on any atom is -0.455 e. The number of esters is 1. The number of nitrogens with one attached hydrogen (secondary N) is 1. The van der Waals surface area contributed by atoms with Gasteiger partial charge < -0.3 is 10.1 Å². The van der Waals surface area contributed by atoms with Gasteiger partial charge in [0.1, 0.15) is 5.78 Å². The van der Waals surface area contributed by atoms with Crippen molar-refractivity contribution in [3.8, 4) is 0 Å². The number of ether oxygens (including phenoxy) is 1. The molecule has 1 aromatic carbocycles. The van der Waals surface area contributed by atoms with Gasteiger partial charge in [0.15, 0.2) is 6.61 Å². The lowest BCUT2D eigenvalue weighted by Crippen LogP contribution is -2.40. The number of alkyl halides is 3. The highest BCUT2D eigenvalue weighted by Crippen LogP contribution is 2.40. The van der Waals surface area contributed by atoms with Crippen molar-refractivity contribution in [1.29, 1.82) is 0 Å². The predicted octanol–water partition coefficient (Wildman–Crippen LogP) is 4.24. The second-order valence-corrected chi connectivity index (χ2v) is 7.65. The number of hydrogen-bond donors (Lipinski definition) is 1. The van der Waals surface area contributed by atoms with Crippen LogP contribution in [0.25, 0.3) is 0 Å². The molecule has 3 rings (SSSR count). The van der Waals surface area contributed by atoms with Crippen molar-refractivity contribution in [3.05, 3.63) is 28.8 Å². The maximum Gasteiger partial charge on any atom is 0.416 e. The van der Waals surface area contributed by atoms with Gasteiger partial charge in [-0.1, -0.05) is 18.0 Å². The molecule has 0 aliphatic heterocycles. The Morgan fingerprint density at radius 1 is 1.18 bits per heavy atom. The van der Waals surface area contributed by atoms with E-state index in [0.29, 0.717) is 12.8 Å². The molecule has 5 nitrogen and oxygen atoms in total. The Labute approximate surface area is 164 Å². The number of hydrogen-bond acceptors (Lipinski definition) is 4. The van der Waals surface area contributed by atoms with Crippen LogP contribution in [0.2, 0.25) is 5.02 Å². The lowest BCUT2D eigenvalue weighted by atomic mass is 9.67. The third-order valence-electron chi connectivity index (χ3n) is 5.29. The van der Waals surface area contributed by atoms with E-state index in [1.807, 2.05) is 0 Å². The third-order valence-corrected chi connectivity index (χ3v) is 5.62. The van der Waals surface area contributed by atoms with Gasteiger partial charge in [-0.2, -0.15) is 13.2 Å². The zero-order chi connectivity index (χ0) is 20.5. The van der Waals surface area contributed by atoms with E-state index in [1.165, 1.54) is 0 Å². The van der Waals surface area contributed by atoms with Crippen molar-refractivity contribution in [1.82, 2.24) is 0 Å². The number of benzene rings is 1. The van der Waals surface area contributed by atoms with Crippen molar-refractivity contribution in [2.75, 3.05) is 11.9 Å². The number of fused-ring (bicyclic) bond motifs is 2. The van der Waals surface area contributed by atoms with Crippen LogP contribution in [0.15, 0.2) is 18.2 Å². The second kappa shape index (κ2) is 8.11. The quantitative estimate of drug-likeness (QED) is 0.744. The molecule has 2 aliphatic carbocycles. The average Bonchev–Trinajstić information content (AvgIpc) is 2.60. The van der Waals surface area contributed by atoms with E-state index in [4.69, 9.17) is 16.3 Å². The van der Waals surface area contributed by atoms with Crippen LogP contribution < -0.4 is 5.32 Å². The van der Waals surface area contributed by atoms with E-state index >= 15 is 0 Å². The van der Waals surface area contributed by atoms with Gasteiger partial charge in [0.05, 0.1) is 22.2 Å². The van der Waals surface area contributed by atoms with E-state index in [9.17, 15) is 27.6 Å². The Balaban J connectivity index is 1.55. The molecule has 0 heterocycles. The maximum absolute atomic E-state index is 12.8. The Hall–Kier alpha value is -2.09. The van der Waals surface area contributed by atoms with Crippen molar-refractivity contribution in [3.63, 3.8) is 0 Å². The molecule has 1 aromatic rings. The summed E-state index contributed by atoms with van der Waals surface area (Å²) in [5.41, 5.74) is -1.17. The van der Waals surface area contributed by atoms with Crippen LogP contribution >= 0.6 is 11.6 Å². The summed E-state index contributed by atoms with van der Waals surface area (Å²) in [7, 11) is 0. The first-order valence-electron chi connectivity index (χ1n) is 9.02. The summed E-state index contributed by atoms with van der Waals surface area (Å²) in [5, 5.41) is 2.16. The van der Waals surface area contributed by atoms with Crippen LogP contribution in [-0.2, 0) is 25.3 Å². The SMILES string of the molecule is O=C(COC(=O)C1CC2CCCC(C1)C2=O)Nc1cc(C(F)(F)F)ccc1Cl. The molecule has 0 saturated heterocycles.